The van der Waals surface area contributed by atoms with Gasteiger partial charge in [-0.3, -0.25) is 0 Å². The van der Waals surface area contributed by atoms with Crippen molar-refractivity contribution < 1.29 is 0 Å². The number of hydrogen-bond donors (Lipinski definition) is 0. The first kappa shape index (κ1) is 12.9. The third kappa shape index (κ3) is 3.17. The number of nitriles is 1. The van der Waals surface area contributed by atoms with Crippen LogP contribution in [0.3, 0.4) is 0 Å². The van der Waals surface area contributed by atoms with E-state index in [4.69, 9.17) is 5.26 Å². The van der Waals surface area contributed by atoms with Crippen molar-refractivity contribution in [2.75, 3.05) is 18.0 Å². The molecule has 0 spiro atoms. The first-order valence-electron chi connectivity index (χ1n) is 5.56. The molecule has 1 unspecified atom stereocenters. The molecule has 0 N–H and O–H groups in total. The van der Waals surface area contributed by atoms with E-state index in [1.807, 2.05) is 6.92 Å². The van der Waals surface area contributed by atoms with Crippen LogP contribution in [0.25, 0.3) is 0 Å². The van der Waals surface area contributed by atoms with Crippen molar-refractivity contribution in [3.63, 3.8) is 0 Å². The van der Waals surface area contributed by atoms with E-state index in [1.165, 1.54) is 11.5 Å². The van der Waals surface area contributed by atoms with Gasteiger partial charge in [-0.2, -0.15) is 9.64 Å². The average Bonchev–Trinajstić information content (AvgIpc) is 2.74. The van der Waals surface area contributed by atoms with Gasteiger partial charge >= 0.3 is 0 Å². The van der Waals surface area contributed by atoms with E-state index in [0.29, 0.717) is 5.92 Å². The summed E-state index contributed by atoms with van der Waals surface area (Å²) in [6.45, 7) is 9.74. The van der Waals surface area contributed by atoms with Gasteiger partial charge in [0, 0.05) is 30.5 Å². The summed E-state index contributed by atoms with van der Waals surface area (Å²) in [5, 5.41) is 9.73. The molecule has 4 nitrogen and oxygen atoms in total. The fourth-order valence-electron chi connectivity index (χ4n) is 1.30. The zero-order valence-electron chi connectivity index (χ0n) is 10.3. The Kier molecular flexibility index (Phi) is 4.69. The molecule has 0 aliphatic heterocycles. The van der Waals surface area contributed by atoms with Crippen molar-refractivity contribution in [3.05, 3.63) is 5.82 Å². The highest BCUT2D eigenvalue weighted by Crippen LogP contribution is 2.21. The molecule has 0 saturated heterocycles. The van der Waals surface area contributed by atoms with Crippen LogP contribution < -0.4 is 4.90 Å². The number of aromatic nitrogens is 2. The van der Waals surface area contributed by atoms with Crippen molar-refractivity contribution >= 4 is 16.7 Å². The molecule has 5 heteroatoms. The third-order valence-corrected chi connectivity index (χ3v) is 3.11. The lowest BCUT2D eigenvalue weighted by Gasteiger charge is -2.20. The Labute approximate surface area is 101 Å². The SMILES string of the molecule is CCN(CC(C)C#N)c1nc(C(C)C)ns1. The molecule has 0 fully saturated rings. The largest absolute Gasteiger partial charge is 0.346 e. The Morgan fingerprint density at radius 1 is 1.44 bits per heavy atom. The average molecular weight is 238 g/mol. The third-order valence-electron chi connectivity index (χ3n) is 2.31. The van der Waals surface area contributed by atoms with Crippen molar-refractivity contribution in [3.8, 4) is 6.07 Å². The summed E-state index contributed by atoms with van der Waals surface area (Å²) in [5.41, 5.74) is 0. The molecular weight excluding hydrogens is 220 g/mol. The maximum Gasteiger partial charge on any atom is 0.205 e. The molecule has 0 amide bonds. The number of nitrogens with zero attached hydrogens (tertiary/aromatic N) is 4. The number of anilines is 1. The van der Waals surface area contributed by atoms with Gasteiger partial charge in [0.2, 0.25) is 5.13 Å². The van der Waals surface area contributed by atoms with E-state index in [0.717, 1.165) is 24.0 Å². The van der Waals surface area contributed by atoms with Gasteiger partial charge in [0.25, 0.3) is 0 Å². The summed E-state index contributed by atoms with van der Waals surface area (Å²) < 4.78 is 4.32. The van der Waals surface area contributed by atoms with Crippen LogP contribution in [0.4, 0.5) is 5.13 Å². The number of rotatable bonds is 5. The molecule has 88 valence electrons. The number of hydrogen-bond acceptors (Lipinski definition) is 5. The minimum absolute atomic E-state index is 0.0198. The molecular formula is C11H18N4S. The fraction of sp³-hybridized carbons (Fsp3) is 0.727. The summed E-state index contributed by atoms with van der Waals surface area (Å²) in [5.74, 6) is 1.27. The van der Waals surface area contributed by atoms with Crippen LogP contribution in [-0.4, -0.2) is 22.4 Å². The first-order valence-corrected chi connectivity index (χ1v) is 6.34. The molecule has 0 aliphatic rings. The molecule has 1 aromatic heterocycles. The summed E-state index contributed by atoms with van der Waals surface area (Å²) in [6.07, 6.45) is 0. The maximum absolute atomic E-state index is 8.81. The molecule has 0 aliphatic carbocycles. The Balaban J connectivity index is 2.75. The van der Waals surface area contributed by atoms with Crippen LogP contribution in [0.15, 0.2) is 0 Å². The molecule has 0 radical (unpaired) electrons. The smallest absolute Gasteiger partial charge is 0.205 e. The summed E-state index contributed by atoms with van der Waals surface area (Å²) in [7, 11) is 0. The van der Waals surface area contributed by atoms with Gasteiger partial charge in [-0.15, -0.1) is 0 Å². The second-order valence-corrected chi connectivity index (χ2v) is 4.89. The molecule has 1 atom stereocenters. The Hall–Kier alpha value is -1.15. The van der Waals surface area contributed by atoms with Crippen LogP contribution in [0, 0.1) is 17.2 Å². The maximum atomic E-state index is 8.81. The Bertz CT molecular complexity index is 366. The second-order valence-electron chi connectivity index (χ2n) is 4.16. The van der Waals surface area contributed by atoms with Gasteiger partial charge in [-0.25, -0.2) is 4.98 Å². The highest BCUT2D eigenvalue weighted by molar-refractivity contribution is 7.09. The molecule has 1 heterocycles. The molecule has 16 heavy (non-hydrogen) atoms. The van der Waals surface area contributed by atoms with E-state index in [1.54, 1.807) is 0 Å². The monoisotopic (exact) mass is 238 g/mol. The lowest BCUT2D eigenvalue weighted by Crippen LogP contribution is -2.27. The van der Waals surface area contributed by atoms with Gasteiger partial charge in [-0.05, 0) is 13.8 Å². The molecule has 0 bridgehead atoms. The lowest BCUT2D eigenvalue weighted by atomic mass is 10.2. The summed E-state index contributed by atoms with van der Waals surface area (Å²) >= 11 is 1.42. The van der Waals surface area contributed by atoms with E-state index in [-0.39, 0.29) is 5.92 Å². The van der Waals surface area contributed by atoms with Gasteiger partial charge in [0.15, 0.2) is 0 Å². The topological polar surface area (TPSA) is 52.8 Å². The summed E-state index contributed by atoms with van der Waals surface area (Å²) in [6, 6.07) is 2.24. The van der Waals surface area contributed by atoms with Crippen LogP contribution >= 0.6 is 11.5 Å². The van der Waals surface area contributed by atoms with Crippen molar-refractivity contribution in [1.82, 2.24) is 9.36 Å². The zero-order chi connectivity index (χ0) is 12.1. The first-order chi connectivity index (χ1) is 7.58. The van der Waals surface area contributed by atoms with Crippen molar-refractivity contribution in [1.29, 1.82) is 5.26 Å². The Morgan fingerprint density at radius 2 is 2.12 bits per heavy atom. The summed E-state index contributed by atoms with van der Waals surface area (Å²) in [4.78, 5) is 6.60. The van der Waals surface area contributed by atoms with E-state index in [9.17, 15) is 0 Å². The van der Waals surface area contributed by atoms with Crippen LogP contribution in [0.2, 0.25) is 0 Å². The molecule has 1 rings (SSSR count). The van der Waals surface area contributed by atoms with Crippen molar-refractivity contribution in [2.45, 2.75) is 33.6 Å². The zero-order valence-corrected chi connectivity index (χ0v) is 11.1. The minimum atomic E-state index is 0.0198. The lowest BCUT2D eigenvalue weighted by molar-refractivity contribution is 0.681. The van der Waals surface area contributed by atoms with Gasteiger partial charge < -0.3 is 4.90 Å². The van der Waals surface area contributed by atoms with Crippen LogP contribution in [0.1, 0.15) is 39.4 Å². The van der Waals surface area contributed by atoms with Crippen molar-refractivity contribution in [2.24, 2.45) is 5.92 Å². The fourth-order valence-corrected chi connectivity index (χ4v) is 2.18. The predicted molar refractivity (Wildman–Crippen MR) is 66.7 cm³/mol. The highest BCUT2D eigenvalue weighted by atomic mass is 32.1. The standard InChI is InChI=1S/C11H18N4S/c1-5-15(7-9(4)6-12)11-13-10(8(2)3)14-16-11/h8-9H,5,7H2,1-4H3. The van der Waals surface area contributed by atoms with Gasteiger partial charge in [0.05, 0.1) is 12.0 Å². The van der Waals surface area contributed by atoms with Crippen LogP contribution in [-0.2, 0) is 0 Å². The quantitative estimate of drug-likeness (QED) is 0.791. The Morgan fingerprint density at radius 3 is 2.56 bits per heavy atom. The minimum Gasteiger partial charge on any atom is -0.346 e. The van der Waals surface area contributed by atoms with E-state index >= 15 is 0 Å². The molecule has 0 aromatic carbocycles. The van der Waals surface area contributed by atoms with Gasteiger partial charge in [-0.1, -0.05) is 13.8 Å². The van der Waals surface area contributed by atoms with Crippen LogP contribution in [0.5, 0.6) is 0 Å². The van der Waals surface area contributed by atoms with E-state index in [2.05, 4.69) is 41.1 Å². The highest BCUT2D eigenvalue weighted by Gasteiger charge is 2.14. The molecule has 1 aromatic rings. The normalized spacial score (nSPS) is 12.5. The second kappa shape index (κ2) is 5.80. The molecule has 0 saturated carbocycles. The van der Waals surface area contributed by atoms with Gasteiger partial charge in [0.1, 0.15) is 5.82 Å². The van der Waals surface area contributed by atoms with E-state index < -0.39 is 0 Å². The predicted octanol–water partition coefficient (Wildman–Crippen LogP) is 2.65.